The molecular formula is C11H27Br3N2. The van der Waals surface area contributed by atoms with E-state index in [1.807, 2.05) is 0 Å². The molecular weight excluding hydrogens is 400 g/mol. The van der Waals surface area contributed by atoms with Crippen molar-refractivity contribution >= 4 is 15.9 Å². The average Bonchev–Trinajstić information content (AvgIpc) is 1.98. The van der Waals surface area contributed by atoms with Crippen LogP contribution >= 0.6 is 15.9 Å². The zero-order valence-corrected chi connectivity index (χ0v) is 16.0. The van der Waals surface area contributed by atoms with E-state index >= 15 is 0 Å². The first kappa shape index (κ1) is 22.5. The van der Waals surface area contributed by atoms with Crippen molar-refractivity contribution in [3.8, 4) is 0 Å². The minimum absolute atomic E-state index is 0. The van der Waals surface area contributed by atoms with E-state index < -0.39 is 0 Å². The van der Waals surface area contributed by atoms with Crippen LogP contribution in [-0.2, 0) is 0 Å². The van der Waals surface area contributed by atoms with Gasteiger partial charge < -0.3 is 42.9 Å². The lowest BCUT2D eigenvalue weighted by Crippen LogP contribution is -3.00. The molecule has 0 aromatic rings. The van der Waals surface area contributed by atoms with Crippen LogP contribution in [0.4, 0.5) is 0 Å². The first-order valence-electron chi connectivity index (χ1n) is 5.45. The quantitative estimate of drug-likeness (QED) is 0.287. The Morgan fingerprint density at radius 3 is 1.56 bits per heavy atom. The summed E-state index contributed by atoms with van der Waals surface area (Å²) in [5, 5.41) is 1.13. The normalized spacial score (nSPS) is 11.6. The summed E-state index contributed by atoms with van der Waals surface area (Å²) in [6, 6.07) is 0. The number of hydrogen-bond acceptors (Lipinski definition) is 0. The molecule has 0 bridgehead atoms. The van der Waals surface area contributed by atoms with E-state index in [1.54, 1.807) is 0 Å². The van der Waals surface area contributed by atoms with Crippen LogP contribution in [0.2, 0.25) is 0 Å². The van der Waals surface area contributed by atoms with Gasteiger partial charge in [0, 0.05) is 18.2 Å². The Balaban J connectivity index is -0.000000845. The minimum atomic E-state index is 0. The maximum atomic E-state index is 3.49. The third-order valence-electron chi connectivity index (χ3n) is 2.49. The van der Waals surface area contributed by atoms with E-state index in [1.165, 1.54) is 32.5 Å². The van der Waals surface area contributed by atoms with E-state index in [4.69, 9.17) is 0 Å². The smallest absolute Gasteiger partial charge is 0.0836 e. The van der Waals surface area contributed by atoms with Crippen molar-refractivity contribution in [2.24, 2.45) is 0 Å². The minimum Gasteiger partial charge on any atom is -1.00 e. The van der Waals surface area contributed by atoms with Gasteiger partial charge in [-0.2, -0.15) is 0 Å². The molecule has 0 aromatic heterocycles. The van der Waals surface area contributed by atoms with Crippen LogP contribution in [0.25, 0.3) is 0 Å². The summed E-state index contributed by atoms with van der Waals surface area (Å²) in [6.45, 7) is 3.85. The van der Waals surface area contributed by atoms with Crippen molar-refractivity contribution < 1.29 is 42.9 Å². The van der Waals surface area contributed by atoms with Crippen LogP contribution in [0.15, 0.2) is 0 Å². The monoisotopic (exact) mass is 424 g/mol. The van der Waals surface area contributed by atoms with Gasteiger partial charge in [0.05, 0.1) is 54.9 Å². The van der Waals surface area contributed by atoms with Gasteiger partial charge in [0.2, 0.25) is 0 Å². The molecule has 102 valence electrons. The predicted molar refractivity (Wildman–Crippen MR) is 67.8 cm³/mol. The molecule has 0 saturated heterocycles. The summed E-state index contributed by atoms with van der Waals surface area (Å²) in [5.74, 6) is 0. The number of rotatable bonds is 7. The Bertz CT molecular complexity index is 156. The molecule has 0 spiro atoms. The Hall–Kier alpha value is 1.36. The third kappa shape index (κ3) is 15.4. The molecule has 0 fully saturated rings. The molecule has 5 heteroatoms. The van der Waals surface area contributed by atoms with E-state index in [0.29, 0.717) is 0 Å². The summed E-state index contributed by atoms with van der Waals surface area (Å²) < 4.78 is 2.24. The second kappa shape index (κ2) is 10.3. The zero-order chi connectivity index (χ0) is 11.2. The van der Waals surface area contributed by atoms with Crippen molar-refractivity contribution in [3.63, 3.8) is 0 Å². The van der Waals surface area contributed by atoms with Crippen LogP contribution in [-0.4, -0.2) is 69.2 Å². The number of alkyl halides is 1. The third-order valence-corrected chi connectivity index (χ3v) is 3.05. The van der Waals surface area contributed by atoms with Gasteiger partial charge in [-0.05, 0) is 0 Å². The molecule has 16 heavy (non-hydrogen) atoms. The maximum absolute atomic E-state index is 3.49. The molecule has 0 rings (SSSR count). The molecule has 0 radical (unpaired) electrons. The highest BCUT2D eigenvalue weighted by molar-refractivity contribution is 9.09. The van der Waals surface area contributed by atoms with Crippen LogP contribution in [0.1, 0.15) is 12.8 Å². The lowest BCUT2D eigenvalue weighted by Gasteiger charge is -2.31. The highest BCUT2D eigenvalue weighted by Gasteiger charge is 2.16. The first-order chi connectivity index (χ1) is 6.27. The fourth-order valence-electron chi connectivity index (χ4n) is 1.57. The van der Waals surface area contributed by atoms with Gasteiger partial charge in [0.15, 0.2) is 0 Å². The molecule has 0 aromatic carbocycles. The molecule has 0 saturated carbocycles. The van der Waals surface area contributed by atoms with Crippen LogP contribution in [0, 0.1) is 0 Å². The summed E-state index contributed by atoms with van der Waals surface area (Å²) >= 11 is 3.49. The molecule has 0 aliphatic heterocycles. The summed E-state index contributed by atoms with van der Waals surface area (Å²) in [5.41, 5.74) is 0. The fraction of sp³-hybridized carbons (Fsp3) is 1.00. The second-order valence-electron chi connectivity index (χ2n) is 5.79. The van der Waals surface area contributed by atoms with Crippen molar-refractivity contribution in [2.75, 3.05) is 60.2 Å². The lowest BCUT2D eigenvalue weighted by atomic mass is 10.3. The number of quaternary nitrogens is 2. The molecule has 2 nitrogen and oxygen atoms in total. The van der Waals surface area contributed by atoms with Gasteiger partial charge in [0.25, 0.3) is 0 Å². The highest BCUT2D eigenvalue weighted by atomic mass is 79.9. The van der Waals surface area contributed by atoms with Crippen molar-refractivity contribution in [1.82, 2.24) is 0 Å². The molecule has 0 heterocycles. The summed E-state index contributed by atoms with van der Waals surface area (Å²) in [6.07, 6.45) is 2.59. The molecule has 0 unspecified atom stereocenters. The largest absolute Gasteiger partial charge is 1.00 e. The molecule has 0 aliphatic carbocycles. The van der Waals surface area contributed by atoms with Crippen LogP contribution < -0.4 is 34.0 Å². The molecule has 0 amide bonds. The van der Waals surface area contributed by atoms with Crippen molar-refractivity contribution in [3.05, 3.63) is 0 Å². The average molecular weight is 427 g/mol. The first-order valence-corrected chi connectivity index (χ1v) is 6.57. The summed E-state index contributed by atoms with van der Waals surface area (Å²) in [7, 11) is 11.5. The van der Waals surface area contributed by atoms with Gasteiger partial charge in [-0.1, -0.05) is 15.9 Å². The van der Waals surface area contributed by atoms with Crippen LogP contribution in [0.5, 0.6) is 0 Å². The SMILES string of the molecule is C[N+](C)(C)CCC[N+](C)(C)CCCBr.[Br-].[Br-]. The van der Waals surface area contributed by atoms with E-state index in [9.17, 15) is 0 Å². The van der Waals surface area contributed by atoms with Gasteiger partial charge in [-0.15, -0.1) is 0 Å². The number of nitrogens with zero attached hydrogens (tertiary/aromatic N) is 2. The topological polar surface area (TPSA) is 0 Å². The van der Waals surface area contributed by atoms with Crippen molar-refractivity contribution in [2.45, 2.75) is 12.8 Å². The number of halogens is 3. The van der Waals surface area contributed by atoms with E-state index in [-0.39, 0.29) is 34.0 Å². The van der Waals surface area contributed by atoms with Gasteiger partial charge >= 0.3 is 0 Å². The van der Waals surface area contributed by atoms with E-state index in [0.717, 1.165) is 14.3 Å². The molecule has 0 aliphatic rings. The molecule has 0 N–H and O–H groups in total. The molecule has 0 atom stereocenters. The Kier molecular flexibility index (Phi) is 14.5. The summed E-state index contributed by atoms with van der Waals surface area (Å²) in [4.78, 5) is 0. The van der Waals surface area contributed by atoms with Crippen LogP contribution in [0.3, 0.4) is 0 Å². The van der Waals surface area contributed by atoms with Gasteiger partial charge in [-0.25, -0.2) is 0 Å². The predicted octanol–water partition coefficient (Wildman–Crippen LogP) is -4.05. The van der Waals surface area contributed by atoms with E-state index in [2.05, 4.69) is 51.2 Å². The van der Waals surface area contributed by atoms with Gasteiger partial charge in [-0.3, -0.25) is 0 Å². The number of hydrogen-bond donors (Lipinski definition) is 0. The Morgan fingerprint density at radius 1 is 0.750 bits per heavy atom. The standard InChI is InChI=1S/C11H27BrN2.2BrH/c1-13(2,3)9-7-11-14(4,5)10-6-8-12;;/h6-11H2,1-5H3;2*1H/q+2;;/p-2. The fourth-order valence-corrected chi connectivity index (χ4v) is 1.82. The van der Waals surface area contributed by atoms with Crippen molar-refractivity contribution in [1.29, 1.82) is 0 Å². The Labute approximate surface area is 131 Å². The lowest BCUT2D eigenvalue weighted by molar-refractivity contribution is -0.902. The van der Waals surface area contributed by atoms with Gasteiger partial charge in [0.1, 0.15) is 0 Å². The highest BCUT2D eigenvalue weighted by Crippen LogP contribution is 2.04. The maximum Gasteiger partial charge on any atom is 0.0836 e. The second-order valence-corrected chi connectivity index (χ2v) is 6.59. The zero-order valence-electron chi connectivity index (χ0n) is 11.3. The Morgan fingerprint density at radius 2 is 1.19 bits per heavy atom.